The van der Waals surface area contributed by atoms with Crippen LogP contribution in [0.2, 0.25) is 0 Å². The predicted octanol–water partition coefficient (Wildman–Crippen LogP) is 3.59. The number of nitrogens with zero attached hydrogens (tertiary/aromatic N) is 1. The second-order valence-electron chi connectivity index (χ2n) is 6.82. The molecular formula is C19H29ClN2O. The molecule has 4 heteroatoms. The van der Waals surface area contributed by atoms with E-state index in [-0.39, 0.29) is 12.4 Å². The lowest BCUT2D eigenvalue weighted by Crippen LogP contribution is -2.32. The number of amides is 1. The van der Waals surface area contributed by atoms with Gasteiger partial charge in [0.25, 0.3) is 0 Å². The zero-order valence-electron chi connectivity index (χ0n) is 13.9. The molecule has 3 nitrogen and oxygen atoms in total. The minimum absolute atomic E-state index is 0. The number of hydrogen-bond donors (Lipinski definition) is 1. The van der Waals surface area contributed by atoms with Gasteiger partial charge in [-0.05, 0) is 62.6 Å². The van der Waals surface area contributed by atoms with Gasteiger partial charge in [-0.2, -0.15) is 0 Å². The van der Waals surface area contributed by atoms with Crippen LogP contribution >= 0.6 is 12.4 Å². The van der Waals surface area contributed by atoms with Crippen LogP contribution in [0.15, 0.2) is 30.3 Å². The van der Waals surface area contributed by atoms with Crippen LogP contribution in [0.3, 0.4) is 0 Å². The number of benzene rings is 1. The van der Waals surface area contributed by atoms with E-state index < -0.39 is 0 Å². The van der Waals surface area contributed by atoms with Crippen LogP contribution in [-0.4, -0.2) is 37.0 Å². The number of rotatable bonds is 4. The van der Waals surface area contributed by atoms with Crippen molar-refractivity contribution in [3.8, 4) is 0 Å². The second-order valence-corrected chi connectivity index (χ2v) is 6.82. The summed E-state index contributed by atoms with van der Waals surface area (Å²) >= 11 is 0. The Morgan fingerprint density at radius 1 is 1.13 bits per heavy atom. The third-order valence-corrected chi connectivity index (χ3v) is 5.28. The molecular weight excluding hydrogens is 308 g/mol. The summed E-state index contributed by atoms with van der Waals surface area (Å²) in [6, 6.07) is 10.8. The predicted molar refractivity (Wildman–Crippen MR) is 97.1 cm³/mol. The third kappa shape index (κ3) is 5.22. The molecule has 1 aromatic rings. The van der Waals surface area contributed by atoms with Gasteiger partial charge in [-0.25, -0.2) is 0 Å². The van der Waals surface area contributed by atoms with Crippen molar-refractivity contribution in [1.29, 1.82) is 0 Å². The highest BCUT2D eigenvalue weighted by molar-refractivity contribution is 5.85. The monoisotopic (exact) mass is 336 g/mol. The SMILES string of the molecule is Cl.O=C(CCC1CCNC1)N1CCCC(c2ccccc2)CC1. The van der Waals surface area contributed by atoms with Crippen LogP contribution in [0.25, 0.3) is 0 Å². The maximum absolute atomic E-state index is 12.5. The molecule has 2 heterocycles. The van der Waals surface area contributed by atoms with Crippen LogP contribution in [0.4, 0.5) is 0 Å². The van der Waals surface area contributed by atoms with E-state index in [9.17, 15) is 4.79 Å². The maximum atomic E-state index is 12.5. The van der Waals surface area contributed by atoms with Crippen molar-refractivity contribution < 1.29 is 4.79 Å². The van der Waals surface area contributed by atoms with E-state index in [0.717, 1.165) is 51.9 Å². The van der Waals surface area contributed by atoms with Gasteiger partial charge in [-0.3, -0.25) is 4.79 Å². The fourth-order valence-electron chi connectivity index (χ4n) is 3.85. The van der Waals surface area contributed by atoms with Gasteiger partial charge in [0.1, 0.15) is 0 Å². The van der Waals surface area contributed by atoms with Gasteiger partial charge in [-0.1, -0.05) is 30.3 Å². The summed E-state index contributed by atoms with van der Waals surface area (Å²) in [5.41, 5.74) is 1.44. The van der Waals surface area contributed by atoms with Gasteiger partial charge in [0, 0.05) is 19.5 Å². The summed E-state index contributed by atoms with van der Waals surface area (Å²) in [5, 5.41) is 3.38. The van der Waals surface area contributed by atoms with Crippen molar-refractivity contribution in [1.82, 2.24) is 10.2 Å². The minimum atomic E-state index is 0. The summed E-state index contributed by atoms with van der Waals surface area (Å²) in [6.07, 6.45) is 6.49. The van der Waals surface area contributed by atoms with Crippen molar-refractivity contribution in [3.05, 3.63) is 35.9 Å². The van der Waals surface area contributed by atoms with Crippen LogP contribution in [0.1, 0.15) is 50.0 Å². The van der Waals surface area contributed by atoms with E-state index in [1.165, 1.54) is 18.4 Å². The molecule has 2 saturated heterocycles. The lowest BCUT2D eigenvalue weighted by molar-refractivity contribution is -0.131. The van der Waals surface area contributed by atoms with Gasteiger partial charge in [-0.15, -0.1) is 12.4 Å². The van der Waals surface area contributed by atoms with Crippen molar-refractivity contribution in [2.24, 2.45) is 5.92 Å². The number of nitrogens with one attached hydrogen (secondary N) is 1. The number of hydrogen-bond acceptors (Lipinski definition) is 2. The largest absolute Gasteiger partial charge is 0.343 e. The molecule has 2 aliphatic heterocycles. The average molecular weight is 337 g/mol. The fraction of sp³-hybridized carbons (Fsp3) is 0.632. The van der Waals surface area contributed by atoms with Crippen LogP contribution < -0.4 is 5.32 Å². The first kappa shape index (κ1) is 18.3. The molecule has 0 aromatic heterocycles. The molecule has 23 heavy (non-hydrogen) atoms. The summed E-state index contributed by atoms with van der Waals surface area (Å²) in [6.45, 7) is 4.11. The third-order valence-electron chi connectivity index (χ3n) is 5.28. The summed E-state index contributed by atoms with van der Waals surface area (Å²) in [7, 11) is 0. The quantitative estimate of drug-likeness (QED) is 0.911. The lowest BCUT2D eigenvalue weighted by Gasteiger charge is -2.21. The minimum Gasteiger partial charge on any atom is -0.343 e. The van der Waals surface area contributed by atoms with Crippen molar-refractivity contribution in [2.75, 3.05) is 26.2 Å². The molecule has 1 aromatic carbocycles. The number of carbonyl (C=O) groups excluding carboxylic acids is 1. The highest BCUT2D eigenvalue weighted by atomic mass is 35.5. The van der Waals surface area contributed by atoms with Crippen molar-refractivity contribution >= 4 is 18.3 Å². The van der Waals surface area contributed by atoms with E-state index in [1.54, 1.807) is 0 Å². The van der Waals surface area contributed by atoms with E-state index in [1.807, 2.05) is 0 Å². The van der Waals surface area contributed by atoms with Gasteiger partial charge in [0.2, 0.25) is 5.91 Å². The standard InChI is InChI=1S/C19H28N2O.ClH/c22-19(9-8-16-10-12-20-15-16)21-13-4-7-18(11-14-21)17-5-2-1-3-6-17;/h1-3,5-6,16,18,20H,4,7-15H2;1H. The highest BCUT2D eigenvalue weighted by Crippen LogP contribution is 2.28. The molecule has 1 N–H and O–H groups in total. The molecule has 0 radical (unpaired) electrons. The Balaban J connectivity index is 0.00000192. The zero-order valence-corrected chi connectivity index (χ0v) is 14.7. The van der Waals surface area contributed by atoms with E-state index in [0.29, 0.717) is 17.7 Å². The van der Waals surface area contributed by atoms with Crippen molar-refractivity contribution in [2.45, 2.75) is 44.4 Å². The summed E-state index contributed by atoms with van der Waals surface area (Å²) < 4.78 is 0. The molecule has 0 saturated carbocycles. The molecule has 2 aliphatic rings. The maximum Gasteiger partial charge on any atom is 0.222 e. The normalized spacial score (nSPS) is 24.8. The molecule has 0 spiro atoms. The molecule has 128 valence electrons. The second kappa shape index (κ2) is 9.29. The van der Waals surface area contributed by atoms with Crippen molar-refractivity contribution in [3.63, 3.8) is 0 Å². The first-order valence-electron chi connectivity index (χ1n) is 8.86. The number of halogens is 1. The Labute approximate surface area is 146 Å². The Morgan fingerprint density at radius 3 is 2.70 bits per heavy atom. The molecule has 3 rings (SSSR count). The Hall–Kier alpha value is -1.06. The summed E-state index contributed by atoms with van der Waals surface area (Å²) in [4.78, 5) is 14.6. The molecule has 2 fully saturated rings. The van der Waals surface area contributed by atoms with Gasteiger partial charge < -0.3 is 10.2 Å². The zero-order chi connectivity index (χ0) is 15.2. The highest BCUT2D eigenvalue weighted by Gasteiger charge is 2.22. The first-order valence-corrected chi connectivity index (χ1v) is 8.86. The van der Waals surface area contributed by atoms with E-state index in [4.69, 9.17) is 0 Å². The Kier molecular flexibility index (Phi) is 7.38. The van der Waals surface area contributed by atoms with Gasteiger partial charge in [0.15, 0.2) is 0 Å². The fourth-order valence-corrected chi connectivity index (χ4v) is 3.85. The van der Waals surface area contributed by atoms with E-state index in [2.05, 4.69) is 40.5 Å². The van der Waals surface area contributed by atoms with Crippen LogP contribution in [0, 0.1) is 5.92 Å². The molecule has 2 atom stereocenters. The van der Waals surface area contributed by atoms with Crippen LogP contribution in [-0.2, 0) is 4.79 Å². The molecule has 1 amide bonds. The molecule has 0 aliphatic carbocycles. The summed E-state index contributed by atoms with van der Waals surface area (Å²) in [5.74, 6) is 1.71. The van der Waals surface area contributed by atoms with Gasteiger partial charge >= 0.3 is 0 Å². The lowest BCUT2D eigenvalue weighted by atomic mass is 9.92. The Morgan fingerprint density at radius 2 is 1.96 bits per heavy atom. The topological polar surface area (TPSA) is 32.3 Å². The number of carbonyl (C=O) groups is 1. The Bertz CT molecular complexity index is 474. The van der Waals surface area contributed by atoms with E-state index >= 15 is 0 Å². The first-order chi connectivity index (χ1) is 10.8. The number of likely N-dealkylation sites (tertiary alicyclic amines) is 1. The average Bonchev–Trinajstić information content (AvgIpc) is 2.96. The smallest absolute Gasteiger partial charge is 0.222 e. The van der Waals surface area contributed by atoms with Crippen LogP contribution in [0.5, 0.6) is 0 Å². The molecule has 2 unspecified atom stereocenters. The molecule has 0 bridgehead atoms. The van der Waals surface area contributed by atoms with Gasteiger partial charge in [0.05, 0.1) is 0 Å².